The van der Waals surface area contributed by atoms with Gasteiger partial charge in [0, 0.05) is 30.6 Å². The molecule has 0 bridgehead atoms. The highest BCUT2D eigenvalue weighted by atomic mass is 32.2. The Hall–Kier alpha value is -2.64. The molecule has 1 aromatic heterocycles. The third-order valence-electron chi connectivity index (χ3n) is 6.36. The number of carbonyl (C=O) groups is 1. The van der Waals surface area contributed by atoms with Crippen LogP contribution in [0.5, 0.6) is 0 Å². The van der Waals surface area contributed by atoms with Crippen molar-refractivity contribution in [3.05, 3.63) is 65.4 Å². The number of hydrogen-bond donors (Lipinski definition) is 1. The van der Waals surface area contributed by atoms with Gasteiger partial charge in [0.15, 0.2) is 5.76 Å². The summed E-state index contributed by atoms with van der Waals surface area (Å²) in [6, 6.07) is 15.0. The molecule has 0 saturated carbocycles. The second-order valence-corrected chi connectivity index (χ2v) is 11.3. The monoisotopic (exact) mass is 468 g/mol. The minimum Gasteiger partial charge on any atom is -0.451 e. The molecular weight excluding hydrogens is 436 g/mol. The number of amides is 1. The second kappa shape index (κ2) is 9.69. The van der Waals surface area contributed by atoms with Crippen LogP contribution in [0.2, 0.25) is 0 Å². The zero-order valence-corrected chi connectivity index (χ0v) is 20.3. The lowest BCUT2D eigenvalue weighted by Gasteiger charge is -2.34. The lowest BCUT2D eigenvalue weighted by atomic mass is 9.94. The Morgan fingerprint density at radius 2 is 1.79 bits per heavy atom. The van der Waals surface area contributed by atoms with E-state index < -0.39 is 10.0 Å². The number of nitrogens with one attached hydrogen (secondary N) is 1. The first-order valence-electron chi connectivity index (χ1n) is 11.6. The van der Waals surface area contributed by atoms with Crippen LogP contribution in [0.1, 0.15) is 48.4 Å². The standard InChI is InChI=1S/C26H32N2O4S/c1-18-14-19(2)17-28(16-18)33(30,31)22-11-12-24-23(15-22)20(3)25(32-24)26(29)27-13-7-10-21-8-5-4-6-9-21/h4-6,8-9,11-12,15,18-19H,7,10,13-14,16-17H2,1-3H3,(H,27,29). The maximum atomic E-state index is 13.3. The Bertz CT molecular complexity index is 1220. The maximum Gasteiger partial charge on any atom is 0.287 e. The molecule has 1 aliphatic rings. The zero-order chi connectivity index (χ0) is 23.6. The molecule has 0 radical (unpaired) electrons. The van der Waals surface area contributed by atoms with Gasteiger partial charge in [-0.05, 0) is 61.8 Å². The van der Waals surface area contributed by atoms with Crippen molar-refractivity contribution in [1.82, 2.24) is 9.62 Å². The van der Waals surface area contributed by atoms with Gasteiger partial charge in [0.25, 0.3) is 5.91 Å². The molecule has 0 aliphatic carbocycles. The van der Waals surface area contributed by atoms with Crippen molar-refractivity contribution in [2.24, 2.45) is 11.8 Å². The fraction of sp³-hybridized carbons (Fsp3) is 0.423. The third-order valence-corrected chi connectivity index (χ3v) is 8.19. The predicted molar refractivity (Wildman–Crippen MR) is 130 cm³/mol. The summed E-state index contributed by atoms with van der Waals surface area (Å²) in [7, 11) is -3.60. The SMILES string of the molecule is Cc1c(C(=O)NCCCc2ccccc2)oc2ccc(S(=O)(=O)N3CC(C)CC(C)C3)cc12. The van der Waals surface area contributed by atoms with Crippen molar-refractivity contribution in [2.75, 3.05) is 19.6 Å². The maximum absolute atomic E-state index is 13.3. The van der Waals surface area contributed by atoms with E-state index in [1.54, 1.807) is 29.4 Å². The number of furan rings is 1. The first-order chi connectivity index (χ1) is 15.8. The summed E-state index contributed by atoms with van der Waals surface area (Å²) in [4.78, 5) is 13.0. The number of fused-ring (bicyclic) bond motifs is 1. The Morgan fingerprint density at radius 1 is 1.09 bits per heavy atom. The molecule has 2 unspecified atom stereocenters. The fourth-order valence-corrected chi connectivity index (χ4v) is 6.45. The second-order valence-electron chi connectivity index (χ2n) is 9.33. The lowest BCUT2D eigenvalue weighted by Crippen LogP contribution is -2.42. The van der Waals surface area contributed by atoms with Gasteiger partial charge in [0.2, 0.25) is 10.0 Å². The molecule has 3 aromatic rings. The largest absolute Gasteiger partial charge is 0.451 e. The Kier molecular flexibility index (Phi) is 6.91. The first-order valence-corrected chi connectivity index (χ1v) is 13.0. The van der Waals surface area contributed by atoms with Gasteiger partial charge in [-0.25, -0.2) is 8.42 Å². The average molecular weight is 469 g/mol. The van der Waals surface area contributed by atoms with Crippen LogP contribution in [0, 0.1) is 18.8 Å². The van der Waals surface area contributed by atoms with E-state index in [-0.39, 0.29) is 16.6 Å². The summed E-state index contributed by atoms with van der Waals surface area (Å²) in [6.07, 6.45) is 2.75. The molecule has 1 aliphatic heterocycles. The van der Waals surface area contributed by atoms with Crippen molar-refractivity contribution in [3.8, 4) is 0 Å². The molecule has 2 aromatic carbocycles. The van der Waals surface area contributed by atoms with Gasteiger partial charge >= 0.3 is 0 Å². The van der Waals surface area contributed by atoms with E-state index in [9.17, 15) is 13.2 Å². The summed E-state index contributed by atoms with van der Waals surface area (Å²) >= 11 is 0. The molecule has 6 nitrogen and oxygen atoms in total. The van der Waals surface area contributed by atoms with Gasteiger partial charge in [0.1, 0.15) is 5.58 Å². The number of nitrogens with zero attached hydrogens (tertiary/aromatic N) is 1. The summed E-state index contributed by atoms with van der Waals surface area (Å²) in [6.45, 7) is 7.58. The fourth-order valence-electron chi connectivity index (χ4n) is 4.75. The summed E-state index contributed by atoms with van der Waals surface area (Å²) < 4.78 is 34.0. The van der Waals surface area contributed by atoms with Gasteiger partial charge < -0.3 is 9.73 Å². The summed E-state index contributed by atoms with van der Waals surface area (Å²) in [5.41, 5.74) is 2.40. The topological polar surface area (TPSA) is 79.6 Å². The molecule has 176 valence electrons. The number of aryl methyl sites for hydroxylation is 2. The van der Waals surface area contributed by atoms with Gasteiger partial charge in [-0.2, -0.15) is 4.31 Å². The molecule has 1 amide bonds. The molecule has 1 N–H and O–H groups in total. The molecule has 1 saturated heterocycles. The van der Waals surface area contributed by atoms with Crippen LogP contribution < -0.4 is 5.32 Å². The number of piperidine rings is 1. The van der Waals surface area contributed by atoms with Gasteiger partial charge in [0.05, 0.1) is 4.90 Å². The quantitative estimate of drug-likeness (QED) is 0.507. The number of hydrogen-bond acceptors (Lipinski definition) is 4. The van der Waals surface area contributed by atoms with Crippen molar-refractivity contribution in [2.45, 2.75) is 44.9 Å². The summed E-state index contributed by atoms with van der Waals surface area (Å²) in [5.74, 6) is 0.625. The van der Waals surface area contributed by atoms with Crippen molar-refractivity contribution < 1.29 is 17.6 Å². The van der Waals surface area contributed by atoms with Gasteiger partial charge in [-0.15, -0.1) is 0 Å². The van der Waals surface area contributed by atoms with E-state index in [4.69, 9.17) is 4.42 Å². The highest BCUT2D eigenvalue weighted by Gasteiger charge is 2.32. The van der Waals surface area contributed by atoms with Gasteiger partial charge in [-0.1, -0.05) is 44.2 Å². The van der Waals surface area contributed by atoms with Crippen LogP contribution in [0.25, 0.3) is 11.0 Å². The average Bonchev–Trinajstić information content (AvgIpc) is 3.12. The van der Waals surface area contributed by atoms with Crippen molar-refractivity contribution in [3.63, 3.8) is 0 Å². The minimum atomic E-state index is -3.60. The normalized spacial score (nSPS) is 19.6. The minimum absolute atomic E-state index is 0.236. The molecular formula is C26H32N2O4S. The zero-order valence-electron chi connectivity index (χ0n) is 19.5. The number of carbonyl (C=O) groups excluding carboxylic acids is 1. The smallest absolute Gasteiger partial charge is 0.287 e. The van der Waals surface area contributed by atoms with Gasteiger partial charge in [-0.3, -0.25) is 4.79 Å². The van der Waals surface area contributed by atoms with E-state index in [0.717, 1.165) is 19.3 Å². The number of rotatable bonds is 7. The molecule has 2 atom stereocenters. The third kappa shape index (κ3) is 5.14. The Labute approximate surface area is 196 Å². The molecule has 4 rings (SSSR count). The van der Waals surface area contributed by atoms with Crippen LogP contribution >= 0.6 is 0 Å². The van der Waals surface area contributed by atoms with Crippen molar-refractivity contribution in [1.29, 1.82) is 0 Å². The molecule has 33 heavy (non-hydrogen) atoms. The van der Waals surface area contributed by atoms with Crippen LogP contribution in [-0.4, -0.2) is 38.3 Å². The number of sulfonamides is 1. The van der Waals surface area contributed by atoms with Crippen LogP contribution in [0.3, 0.4) is 0 Å². The van der Waals surface area contributed by atoms with E-state index >= 15 is 0 Å². The molecule has 7 heteroatoms. The highest BCUT2D eigenvalue weighted by Crippen LogP contribution is 2.31. The molecule has 0 spiro atoms. The number of benzene rings is 2. The first kappa shape index (κ1) is 23.5. The molecule has 2 heterocycles. The van der Waals surface area contributed by atoms with E-state index in [0.29, 0.717) is 48.0 Å². The van der Waals surface area contributed by atoms with E-state index in [2.05, 4.69) is 31.3 Å². The Morgan fingerprint density at radius 3 is 2.48 bits per heavy atom. The van der Waals surface area contributed by atoms with E-state index in [1.165, 1.54) is 5.56 Å². The van der Waals surface area contributed by atoms with E-state index in [1.807, 2.05) is 18.2 Å². The lowest BCUT2D eigenvalue weighted by molar-refractivity contribution is 0.0927. The van der Waals surface area contributed by atoms with Crippen LogP contribution in [-0.2, 0) is 16.4 Å². The summed E-state index contributed by atoms with van der Waals surface area (Å²) in [5, 5.41) is 3.57. The highest BCUT2D eigenvalue weighted by molar-refractivity contribution is 7.89. The molecule has 1 fully saturated rings. The predicted octanol–water partition coefficient (Wildman–Crippen LogP) is 4.77. The Balaban J connectivity index is 1.48. The van der Waals surface area contributed by atoms with Crippen LogP contribution in [0.4, 0.5) is 0 Å². The van der Waals surface area contributed by atoms with Crippen molar-refractivity contribution >= 4 is 26.9 Å². The van der Waals surface area contributed by atoms with Crippen LogP contribution in [0.15, 0.2) is 57.8 Å².